The molecule has 1 fully saturated rings. The molecule has 0 saturated heterocycles. The highest BCUT2D eigenvalue weighted by Crippen LogP contribution is 2.20. The predicted octanol–water partition coefficient (Wildman–Crippen LogP) is 3.09. The molecule has 108 valence electrons. The fraction of sp³-hybridized carbons (Fsp3) is 0.438. The van der Waals surface area contributed by atoms with Crippen LogP contribution < -0.4 is 10.2 Å². The lowest BCUT2D eigenvalue weighted by molar-refractivity contribution is -0.132. The number of carbonyl (C=O) groups excluding carboxylic acids is 1. The molecule has 0 aromatic heterocycles. The van der Waals surface area contributed by atoms with Gasteiger partial charge in [-0.3, -0.25) is 9.63 Å². The fourth-order valence-electron chi connectivity index (χ4n) is 2.25. The van der Waals surface area contributed by atoms with Crippen LogP contribution in [-0.4, -0.2) is 18.6 Å². The van der Waals surface area contributed by atoms with Crippen LogP contribution in [0.15, 0.2) is 30.3 Å². The molecular formula is C16H21NO3. The van der Waals surface area contributed by atoms with Gasteiger partial charge in [-0.05, 0) is 31.9 Å². The summed E-state index contributed by atoms with van der Waals surface area (Å²) in [6.45, 7) is 2.53. The van der Waals surface area contributed by atoms with Gasteiger partial charge in [0.25, 0.3) is 5.91 Å². The summed E-state index contributed by atoms with van der Waals surface area (Å²) in [7, 11) is 0. The van der Waals surface area contributed by atoms with E-state index < -0.39 is 0 Å². The summed E-state index contributed by atoms with van der Waals surface area (Å²) < 4.78 is 5.50. The van der Waals surface area contributed by atoms with Gasteiger partial charge in [0.05, 0.1) is 12.7 Å². The zero-order chi connectivity index (χ0) is 14.2. The molecule has 1 aromatic rings. The van der Waals surface area contributed by atoms with E-state index in [0.717, 1.165) is 24.2 Å². The summed E-state index contributed by atoms with van der Waals surface area (Å²) >= 11 is 0. The van der Waals surface area contributed by atoms with Gasteiger partial charge < -0.3 is 4.74 Å². The van der Waals surface area contributed by atoms with Gasteiger partial charge in [-0.25, -0.2) is 5.48 Å². The summed E-state index contributed by atoms with van der Waals surface area (Å²) in [5.41, 5.74) is 3.36. The molecule has 0 bridgehead atoms. The van der Waals surface area contributed by atoms with Crippen LogP contribution >= 0.6 is 0 Å². The van der Waals surface area contributed by atoms with Gasteiger partial charge in [0, 0.05) is 11.6 Å². The molecule has 2 rings (SSSR count). The van der Waals surface area contributed by atoms with Gasteiger partial charge in [0.15, 0.2) is 0 Å². The number of para-hydroxylation sites is 1. The number of hydrogen-bond donors (Lipinski definition) is 1. The van der Waals surface area contributed by atoms with Gasteiger partial charge in [-0.1, -0.05) is 31.0 Å². The monoisotopic (exact) mass is 275 g/mol. The molecule has 0 heterocycles. The van der Waals surface area contributed by atoms with Crippen molar-refractivity contribution in [1.82, 2.24) is 5.48 Å². The van der Waals surface area contributed by atoms with E-state index in [1.165, 1.54) is 18.9 Å². The van der Waals surface area contributed by atoms with Crippen molar-refractivity contribution in [3.8, 4) is 5.75 Å². The van der Waals surface area contributed by atoms with Crippen molar-refractivity contribution in [3.63, 3.8) is 0 Å². The Morgan fingerprint density at radius 1 is 1.35 bits per heavy atom. The third-order valence-corrected chi connectivity index (χ3v) is 3.26. The second kappa shape index (κ2) is 7.70. The Hall–Kier alpha value is -1.81. The van der Waals surface area contributed by atoms with Gasteiger partial charge in [0.2, 0.25) is 0 Å². The molecule has 1 aliphatic carbocycles. The van der Waals surface area contributed by atoms with Crippen molar-refractivity contribution in [1.29, 1.82) is 0 Å². The lowest BCUT2D eigenvalue weighted by Crippen LogP contribution is -2.26. The number of benzene rings is 1. The van der Waals surface area contributed by atoms with Gasteiger partial charge in [-0.2, -0.15) is 0 Å². The molecule has 0 radical (unpaired) electrons. The van der Waals surface area contributed by atoms with E-state index in [1.807, 2.05) is 31.2 Å². The van der Waals surface area contributed by atoms with Gasteiger partial charge in [-0.15, -0.1) is 0 Å². The lowest BCUT2D eigenvalue weighted by Gasteiger charge is -2.09. The summed E-state index contributed by atoms with van der Waals surface area (Å²) in [5, 5.41) is 0. The summed E-state index contributed by atoms with van der Waals surface area (Å²) in [6, 6.07) is 7.61. The molecule has 0 spiro atoms. The Kier molecular flexibility index (Phi) is 5.62. The Labute approximate surface area is 119 Å². The van der Waals surface area contributed by atoms with Crippen molar-refractivity contribution < 1.29 is 14.4 Å². The molecule has 4 nitrogen and oxygen atoms in total. The summed E-state index contributed by atoms with van der Waals surface area (Å²) in [5.74, 6) is 0.527. The standard InChI is InChI=1S/C16H21NO3/c1-2-19-15-10-6-3-7-13(15)11-12-16(18)17-20-14-8-4-5-9-14/h3,6-7,10-12,14H,2,4-5,8-9H2,1H3,(H,17,18)/b12-11+. The molecule has 1 N–H and O–H groups in total. The average Bonchev–Trinajstić information content (AvgIpc) is 2.98. The molecule has 0 unspecified atom stereocenters. The first kappa shape index (κ1) is 14.6. The largest absolute Gasteiger partial charge is 0.493 e. The van der Waals surface area contributed by atoms with Crippen molar-refractivity contribution in [2.24, 2.45) is 0 Å². The summed E-state index contributed by atoms with van der Waals surface area (Å²) in [4.78, 5) is 17.0. The summed E-state index contributed by atoms with van der Waals surface area (Å²) in [6.07, 6.45) is 7.78. The first-order valence-electron chi connectivity index (χ1n) is 7.15. The number of nitrogens with one attached hydrogen (secondary N) is 1. The predicted molar refractivity (Wildman–Crippen MR) is 78.1 cm³/mol. The van der Waals surface area contributed by atoms with Crippen LogP contribution in [0, 0.1) is 0 Å². The van der Waals surface area contributed by atoms with Crippen molar-refractivity contribution in [2.75, 3.05) is 6.61 Å². The second-order valence-corrected chi connectivity index (χ2v) is 4.79. The minimum Gasteiger partial charge on any atom is -0.493 e. The SMILES string of the molecule is CCOc1ccccc1/C=C/C(=O)NOC1CCCC1. The quantitative estimate of drug-likeness (QED) is 0.641. The smallest absolute Gasteiger partial charge is 0.267 e. The number of hydroxylamine groups is 1. The number of carbonyl (C=O) groups is 1. The topological polar surface area (TPSA) is 47.6 Å². The Morgan fingerprint density at radius 3 is 2.85 bits per heavy atom. The molecule has 0 aliphatic heterocycles. The second-order valence-electron chi connectivity index (χ2n) is 4.79. The van der Waals surface area contributed by atoms with E-state index in [-0.39, 0.29) is 12.0 Å². The van der Waals surface area contributed by atoms with E-state index in [9.17, 15) is 4.79 Å². The Morgan fingerprint density at radius 2 is 2.10 bits per heavy atom. The van der Waals surface area contributed by atoms with E-state index in [0.29, 0.717) is 6.61 Å². The number of ether oxygens (including phenoxy) is 1. The lowest BCUT2D eigenvalue weighted by atomic mass is 10.2. The minimum atomic E-state index is -0.247. The highest BCUT2D eigenvalue weighted by molar-refractivity contribution is 5.91. The van der Waals surface area contributed by atoms with Crippen molar-refractivity contribution in [2.45, 2.75) is 38.7 Å². The van der Waals surface area contributed by atoms with Crippen molar-refractivity contribution >= 4 is 12.0 Å². The van der Waals surface area contributed by atoms with Crippen LogP contribution in [0.1, 0.15) is 38.2 Å². The molecular weight excluding hydrogens is 254 g/mol. The van der Waals surface area contributed by atoms with Crippen LogP contribution in [0.5, 0.6) is 5.75 Å². The maximum atomic E-state index is 11.7. The van der Waals surface area contributed by atoms with E-state index in [4.69, 9.17) is 9.57 Å². The Bertz CT molecular complexity index is 465. The van der Waals surface area contributed by atoms with Crippen LogP contribution in [0.2, 0.25) is 0 Å². The zero-order valence-electron chi connectivity index (χ0n) is 11.8. The zero-order valence-corrected chi connectivity index (χ0v) is 11.8. The first-order chi connectivity index (χ1) is 9.79. The fourth-order valence-corrected chi connectivity index (χ4v) is 2.25. The van der Waals surface area contributed by atoms with Crippen LogP contribution in [-0.2, 0) is 9.63 Å². The third kappa shape index (κ3) is 4.38. The third-order valence-electron chi connectivity index (χ3n) is 3.26. The molecule has 1 aromatic carbocycles. The molecule has 20 heavy (non-hydrogen) atoms. The molecule has 1 amide bonds. The average molecular weight is 275 g/mol. The molecule has 4 heteroatoms. The highest BCUT2D eigenvalue weighted by atomic mass is 16.7. The van der Waals surface area contributed by atoms with Crippen LogP contribution in [0.3, 0.4) is 0 Å². The van der Waals surface area contributed by atoms with Crippen LogP contribution in [0.4, 0.5) is 0 Å². The van der Waals surface area contributed by atoms with Gasteiger partial charge in [0.1, 0.15) is 5.75 Å². The normalized spacial score (nSPS) is 15.7. The van der Waals surface area contributed by atoms with Crippen molar-refractivity contribution in [3.05, 3.63) is 35.9 Å². The molecule has 1 aliphatic rings. The van der Waals surface area contributed by atoms with E-state index in [1.54, 1.807) is 6.08 Å². The minimum absolute atomic E-state index is 0.170. The Balaban J connectivity index is 1.86. The molecule has 1 saturated carbocycles. The number of amides is 1. The van der Waals surface area contributed by atoms with Crippen LogP contribution in [0.25, 0.3) is 6.08 Å². The molecule has 0 atom stereocenters. The number of rotatable bonds is 6. The van der Waals surface area contributed by atoms with E-state index in [2.05, 4.69) is 5.48 Å². The highest BCUT2D eigenvalue weighted by Gasteiger charge is 2.16. The number of hydrogen-bond acceptors (Lipinski definition) is 3. The van der Waals surface area contributed by atoms with E-state index >= 15 is 0 Å². The first-order valence-corrected chi connectivity index (χ1v) is 7.15. The van der Waals surface area contributed by atoms with Gasteiger partial charge >= 0.3 is 0 Å². The maximum Gasteiger partial charge on any atom is 0.267 e. The maximum absolute atomic E-state index is 11.7.